The lowest BCUT2D eigenvalue weighted by atomic mass is 10.2. The summed E-state index contributed by atoms with van der Waals surface area (Å²) in [6.07, 6.45) is 3.88. The number of carbonyl (C=O) groups excluding carboxylic acids is 2. The molecule has 9 nitrogen and oxygen atoms in total. The molecular weight excluding hydrogens is 413 g/mol. The number of para-hydroxylation sites is 1. The molecule has 166 valence electrons. The molecule has 0 aromatic heterocycles. The summed E-state index contributed by atoms with van der Waals surface area (Å²) in [5.74, 6) is -1.13. The molecular formula is C19H28FN5O4S. The van der Waals surface area contributed by atoms with Crippen LogP contribution in [0.4, 0.5) is 14.9 Å². The van der Waals surface area contributed by atoms with Crippen LogP contribution in [0.1, 0.15) is 25.7 Å². The van der Waals surface area contributed by atoms with Crippen molar-refractivity contribution in [3.05, 3.63) is 30.1 Å². The van der Waals surface area contributed by atoms with Crippen molar-refractivity contribution in [2.45, 2.75) is 25.7 Å². The molecule has 3 amide bonds. The Bertz CT molecular complexity index is 850. The summed E-state index contributed by atoms with van der Waals surface area (Å²) in [5, 5.41) is 4.45. The van der Waals surface area contributed by atoms with E-state index in [4.69, 9.17) is 0 Å². The first-order valence-electron chi connectivity index (χ1n) is 10.2. The molecule has 2 aliphatic rings. The highest BCUT2D eigenvalue weighted by Crippen LogP contribution is 2.18. The number of piperazine rings is 1. The van der Waals surface area contributed by atoms with Gasteiger partial charge < -0.3 is 5.32 Å². The number of urea groups is 1. The van der Waals surface area contributed by atoms with E-state index in [0.717, 1.165) is 25.7 Å². The zero-order valence-corrected chi connectivity index (χ0v) is 17.7. The molecule has 0 aliphatic carbocycles. The van der Waals surface area contributed by atoms with Gasteiger partial charge in [-0.3, -0.25) is 15.0 Å². The zero-order valence-electron chi connectivity index (χ0n) is 16.8. The van der Waals surface area contributed by atoms with Gasteiger partial charge in [0.1, 0.15) is 5.82 Å². The van der Waals surface area contributed by atoms with Gasteiger partial charge in [-0.15, -0.1) is 0 Å². The smallest absolute Gasteiger partial charge is 0.305 e. The Hall–Kier alpha value is -2.08. The van der Waals surface area contributed by atoms with E-state index >= 15 is 0 Å². The molecule has 2 heterocycles. The van der Waals surface area contributed by atoms with Crippen molar-refractivity contribution in [3.8, 4) is 0 Å². The van der Waals surface area contributed by atoms with Crippen LogP contribution in [-0.4, -0.2) is 79.7 Å². The molecule has 0 atom stereocenters. The summed E-state index contributed by atoms with van der Waals surface area (Å²) in [7, 11) is -3.48. The average molecular weight is 442 g/mol. The highest BCUT2D eigenvalue weighted by Gasteiger charge is 2.32. The van der Waals surface area contributed by atoms with Crippen LogP contribution in [0.5, 0.6) is 0 Å². The fourth-order valence-electron chi connectivity index (χ4n) is 3.64. The first kappa shape index (κ1) is 22.6. The molecule has 0 bridgehead atoms. The van der Waals surface area contributed by atoms with Crippen LogP contribution in [0.15, 0.2) is 24.3 Å². The summed E-state index contributed by atoms with van der Waals surface area (Å²) < 4.78 is 42.3. The molecule has 0 radical (unpaired) electrons. The first-order valence-corrected chi connectivity index (χ1v) is 11.6. The van der Waals surface area contributed by atoms with Crippen LogP contribution in [0.2, 0.25) is 0 Å². The number of nitrogens with zero attached hydrogens (tertiary/aromatic N) is 3. The average Bonchev–Trinajstić information content (AvgIpc) is 3.00. The molecule has 2 N–H and O–H groups in total. The monoisotopic (exact) mass is 441 g/mol. The number of rotatable bonds is 5. The van der Waals surface area contributed by atoms with E-state index in [9.17, 15) is 22.4 Å². The molecule has 1 aromatic carbocycles. The van der Waals surface area contributed by atoms with Gasteiger partial charge in [0, 0.05) is 39.3 Å². The minimum absolute atomic E-state index is 0.0184. The number of nitrogens with one attached hydrogen (secondary N) is 2. The fraction of sp³-hybridized carbons (Fsp3) is 0.579. The van der Waals surface area contributed by atoms with Gasteiger partial charge in [-0.2, -0.15) is 17.0 Å². The maximum Gasteiger partial charge on any atom is 0.326 e. The van der Waals surface area contributed by atoms with Gasteiger partial charge in [0.15, 0.2) is 0 Å². The molecule has 2 fully saturated rings. The van der Waals surface area contributed by atoms with Gasteiger partial charge in [-0.1, -0.05) is 25.0 Å². The maximum atomic E-state index is 13.6. The summed E-state index contributed by atoms with van der Waals surface area (Å²) >= 11 is 0. The van der Waals surface area contributed by atoms with Gasteiger partial charge in [0.2, 0.25) is 5.91 Å². The Kier molecular flexibility index (Phi) is 7.75. The SMILES string of the molecule is O=C(CN1CCN(S(=O)(=O)N2CCCCCC2)CC1)NC(=O)Nc1ccccc1F. The minimum Gasteiger partial charge on any atom is -0.305 e. The quantitative estimate of drug-likeness (QED) is 0.715. The Balaban J connectivity index is 1.44. The van der Waals surface area contributed by atoms with E-state index in [1.54, 1.807) is 15.3 Å². The van der Waals surface area contributed by atoms with Crippen molar-refractivity contribution in [3.63, 3.8) is 0 Å². The maximum absolute atomic E-state index is 13.6. The Labute approximate surface area is 176 Å². The van der Waals surface area contributed by atoms with E-state index in [-0.39, 0.29) is 12.2 Å². The summed E-state index contributed by atoms with van der Waals surface area (Å²) in [4.78, 5) is 25.8. The van der Waals surface area contributed by atoms with E-state index in [0.29, 0.717) is 39.3 Å². The molecule has 0 unspecified atom stereocenters. The highest BCUT2D eigenvalue weighted by atomic mass is 32.2. The Morgan fingerprint density at radius 1 is 0.900 bits per heavy atom. The summed E-state index contributed by atoms with van der Waals surface area (Å²) in [6.45, 7) is 2.47. The normalized spacial score (nSPS) is 19.8. The van der Waals surface area contributed by atoms with Crippen LogP contribution in [0.25, 0.3) is 0 Å². The molecule has 3 rings (SSSR count). The molecule has 2 saturated heterocycles. The summed E-state index contributed by atoms with van der Waals surface area (Å²) in [5.41, 5.74) is -0.0184. The third kappa shape index (κ3) is 5.97. The van der Waals surface area contributed by atoms with Crippen molar-refractivity contribution < 1.29 is 22.4 Å². The van der Waals surface area contributed by atoms with Crippen molar-refractivity contribution in [1.29, 1.82) is 0 Å². The molecule has 30 heavy (non-hydrogen) atoms. The van der Waals surface area contributed by atoms with E-state index in [1.165, 1.54) is 22.5 Å². The van der Waals surface area contributed by atoms with Crippen LogP contribution < -0.4 is 10.6 Å². The van der Waals surface area contributed by atoms with E-state index < -0.39 is 28.0 Å². The fourth-order valence-corrected chi connectivity index (χ4v) is 5.31. The van der Waals surface area contributed by atoms with Gasteiger partial charge in [0.05, 0.1) is 12.2 Å². The molecule has 11 heteroatoms. The third-order valence-electron chi connectivity index (χ3n) is 5.29. The van der Waals surface area contributed by atoms with E-state index in [2.05, 4.69) is 10.6 Å². The lowest BCUT2D eigenvalue weighted by Gasteiger charge is -2.36. The van der Waals surface area contributed by atoms with Crippen LogP contribution in [0, 0.1) is 5.82 Å². The predicted octanol–water partition coefficient (Wildman–Crippen LogP) is 1.21. The predicted molar refractivity (Wildman–Crippen MR) is 111 cm³/mol. The standard InChI is InChI=1S/C19H28FN5O4S/c20-16-7-3-4-8-17(16)21-19(27)22-18(26)15-23-11-13-25(14-12-23)30(28,29)24-9-5-1-2-6-10-24/h3-4,7-8H,1-2,5-6,9-15H2,(H2,21,22,26,27). The number of hydrogen-bond donors (Lipinski definition) is 2. The lowest BCUT2D eigenvalue weighted by Crippen LogP contribution is -2.54. The van der Waals surface area contributed by atoms with Crippen LogP contribution in [-0.2, 0) is 15.0 Å². The molecule has 0 saturated carbocycles. The largest absolute Gasteiger partial charge is 0.326 e. The number of hydrogen-bond acceptors (Lipinski definition) is 5. The van der Waals surface area contributed by atoms with Gasteiger partial charge >= 0.3 is 6.03 Å². The lowest BCUT2D eigenvalue weighted by molar-refractivity contribution is -0.121. The van der Waals surface area contributed by atoms with Crippen LogP contribution >= 0.6 is 0 Å². The van der Waals surface area contributed by atoms with Gasteiger partial charge in [-0.05, 0) is 25.0 Å². The number of anilines is 1. The highest BCUT2D eigenvalue weighted by molar-refractivity contribution is 7.86. The second-order valence-electron chi connectivity index (χ2n) is 7.48. The zero-order chi connectivity index (χ0) is 21.6. The number of imide groups is 1. The second kappa shape index (κ2) is 10.3. The van der Waals surface area contributed by atoms with Crippen molar-refractivity contribution in [2.24, 2.45) is 0 Å². The third-order valence-corrected chi connectivity index (χ3v) is 7.33. The Morgan fingerprint density at radius 2 is 1.50 bits per heavy atom. The first-order chi connectivity index (χ1) is 14.4. The minimum atomic E-state index is -3.48. The number of benzene rings is 1. The number of amides is 3. The topological polar surface area (TPSA) is 102 Å². The molecule has 1 aromatic rings. The van der Waals surface area contributed by atoms with E-state index in [1.807, 2.05) is 0 Å². The Morgan fingerprint density at radius 3 is 2.13 bits per heavy atom. The van der Waals surface area contributed by atoms with Crippen LogP contribution in [0.3, 0.4) is 0 Å². The number of carbonyl (C=O) groups is 2. The second-order valence-corrected chi connectivity index (χ2v) is 9.41. The van der Waals surface area contributed by atoms with Crippen molar-refractivity contribution in [2.75, 3.05) is 51.1 Å². The number of halogens is 1. The van der Waals surface area contributed by atoms with Crippen molar-refractivity contribution in [1.82, 2.24) is 18.8 Å². The molecule has 2 aliphatic heterocycles. The summed E-state index contributed by atoms with van der Waals surface area (Å²) in [6, 6.07) is 4.85. The van der Waals surface area contributed by atoms with Gasteiger partial charge in [0.25, 0.3) is 10.2 Å². The van der Waals surface area contributed by atoms with Gasteiger partial charge in [-0.25, -0.2) is 9.18 Å². The molecule has 0 spiro atoms. The van der Waals surface area contributed by atoms with Crippen molar-refractivity contribution >= 4 is 27.8 Å².